The van der Waals surface area contributed by atoms with Crippen molar-refractivity contribution in [3.8, 4) is 5.88 Å². The molecule has 5 nitrogen and oxygen atoms in total. The number of carboxylic acids is 1. The van der Waals surface area contributed by atoms with Crippen molar-refractivity contribution in [3.05, 3.63) is 17.8 Å². The van der Waals surface area contributed by atoms with Gasteiger partial charge < -0.3 is 9.84 Å². The van der Waals surface area contributed by atoms with E-state index in [1.165, 1.54) is 12.3 Å². The molecule has 1 aromatic heterocycles. The number of ether oxygens (including phenoxy) is 1. The van der Waals surface area contributed by atoms with Gasteiger partial charge in [0.2, 0.25) is 5.88 Å². The summed E-state index contributed by atoms with van der Waals surface area (Å²) in [7, 11) is 0. The molecule has 1 heterocycles. The van der Waals surface area contributed by atoms with Crippen LogP contribution in [0.1, 0.15) is 31.1 Å². The predicted molar refractivity (Wildman–Crippen MR) is 53.9 cm³/mol. The highest BCUT2D eigenvalue weighted by Gasteiger charge is 2.16. The largest absolute Gasteiger partial charge is 0.477 e. The van der Waals surface area contributed by atoms with E-state index in [2.05, 4.69) is 10.2 Å². The quantitative estimate of drug-likeness (QED) is 0.817. The molecule has 15 heavy (non-hydrogen) atoms. The third-order valence-corrected chi connectivity index (χ3v) is 2.15. The first-order chi connectivity index (χ1) is 7.02. The molecular formula is C10H14N2O3. The number of hydrogen-bond donors (Lipinski definition) is 1. The molecule has 1 atom stereocenters. The van der Waals surface area contributed by atoms with Gasteiger partial charge in [-0.2, -0.15) is 5.10 Å². The van der Waals surface area contributed by atoms with Crippen LogP contribution in [0.2, 0.25) is 0 Å². The lowest BCUT2D eigenvalue weighted by Gasteiger charge is -2.17. The van der Waals surface area contributed by atoms with Gasteiger partial charge in [-0.1, -0.05) is 13.8 Å². The molecule has 0 radical (unpaired) electrons. The van der Waals surface area contributed by atoms with Gasteiger partial charge in [0.25, 0.3) is 0 Å². The monoisotopic (exact) mass is 210 g/mol. The molecule has 0 saturated heterocycles. The first-order valence-electron chi connectivity index (χ1n) is 4.74. The normalized spacial score (nSPS) is 12.5. The molecule has 1 unspecified atom stereocenters. The molecule has 1 aromatic rings. The van der Waals surface area contributed by atoms with Crippen molar-refractivity contribution < 1.29 is 14.6 Å². The van der Waals surface area contributed by atoms with Gasteiger partial charge in [0.05, 0.1) is 6.20 Å². The molecule has 0 bridgehead atoms. The molecule has 0 spiro atoms. The van der Waals surface area contributed by atoms with Crippen molar-refractivity contribution in [2.24, 2.45) is 5.92 Å². The summed E-state index contributed by atoms with van der Waals surface area (Å²) in [4.78, 5) is 10.8. The van der Waals surface area contributed by atoms with E-state index in [0.29, 0.717) is 0 Å². The Kier molecular flexibility index (Phi) is 3.60. The third-order valence-electron chi connectivity index (χ3n) is 2.15. The lowest BCUT2D eigenvalue weighted by molar-refractivity contribution is 0.0684. The molecular weight excluding hydrogens is 196 g/mol. The van der Waals surface area contributed by atoms with Crippen molar-refractivity contribution >= 4 is 5.97 Å². The van der Waals surface area contributed by atoms with Crippen LogP contribution < -0.4 is 4.74 Å². The minimum atomic E-state index is -1.06. The summed E-state index contributed by atoms with van der Waals surface area (Å²) in [6.07, 6.45) is 1.23. The first kappa shape index (κ1) is 11.4. The SMILES string of the molecule is CC(C)C(C)Oc1nnccc1C(=O)O. The third kappa shape index (κ3) is 2.90. The van der Waals surface area contributed by atoms with Gasteiger partial charge >= 0.3 is 5.97 Å². The Morgan fingerprint density at radius 1 is 1.47 bits per heavy atom. The highest BCUT2D eigenvalue weighted by Crippen LogP contribution is 2.17. The van der Waals surface area contributed by atoms with Crippen molar-refractivity contribution in [1.29, 1.82) is 0 Å². The minimum Gasteiger partial charge on any atom is -0.477 e. The fourth-order valence-electron chi connectivity index (χ4n) is 0.881. The van der Waals surface area contributed by atoms with E-state index in [-0.39, 0.29) is 23.5 Å². The topological polar surface area (TPSA) is 72.3 Å². The maximum atomic E-state index is 10.8. The maximum absolute atomic E-state index is 10.8. The molecule has 0 fully saturated rings. The van der Waals surface area contributed by atoms with Crippen molar-refractivity contribution in [2.75, 3.05) is 0 Å². The summed E-state index contributed by atoms with van der Waals surface area (Å²) >= 11 is 0. The Labute approximate surface area is 88.1 Å². The van der Waals surface area contributed by atoms with Crippen LogP contribution in [0.5, 0.6) is 5.88 Å². The fourth-order valence-corrected chi connectivity index (χ4v) is 0.881. The first-order valence-corrected chi connectivity index (χ1v) is 4.74. The van der Waals surface area contributed by atoms with E-state index in [1.54, 1.807) is 0 Å². The van der Waals surface area contributed by atoms with Crippen molar-refractivity contribution in [2.45, 2.75) is 26.9 Å². The van der Waals surface area contributed by atoms with Crippen LogP contribution in [-0.4, -0.2) is 27.4 Å². The number of rotatable bonds is 4. The Hall–Kier alpha value is -1.65. The summed E-state index contributed by atoms with van der Waals surface area (Å²) in [5.74, 6) is -0.698. The highest BCUT2D eigenvalue weighted by molar-refractivity contribution is 5.89. The van der Waals surface area contributed by atoms with Gasteiger partial charge in [-0.05, 0) is 18.9 Å². The number of hydrogen-bond acceptors (Lipinski definition) is 4. The number of aromatic carboxylic acids is 1. The summed E-state index contributed by atoms with van der Waals surface area (Å²) in [5.41, 5.74) is 0.0394. The molecule has 0 saturated carbocycles. The van der Waals surface area contributed by atoms with Gasteiger partial charge in [-0.3, -0.25) is 0 Å². The second kappa shape index (κ2) is 4.72. The molecule has 0 aromatic carbocycles. The molecule has 0 aliphatic carbocycles. The number of aromatic nitrogens is 2. The molecule has 1 N–H and O–H groups in total. The minimum absolute atomic E-state index is 0.0394. The fraction of sp³-hybridized carbons (Fsp3) is 0.500. The van der Waals surface area contributed by atoms with Crippen molar-refractivity contribution in [3.63, 3.8) is 0 Å². The average molecular weight is 210 g/mol. The van der Waals surface area contributed by atoms with E-state index in [4.69, 9.17) is 9.84 Å². The number of carboxylic acid groups (broad SMARTS) is 1. The second-order valence-electron chi connectivity index (χ2n) is 3.62. The summed E-state index contributed by atoms with van der Waals surface area (Å²) in [5, 5.41) is 16.1. The Bertz CT molecular complexity index is 352. The second-order valence-corrected chi connectivity index (χ2v) is 3.62. The van der Waals surface area contributed by atoms with Crippen LogP contribution in [0.15, 0.2) is 12.3 Å². The predicted octanol–water partition coefficient (Wildman–Crippen LogP) is 1.60. The highest BCUT2D eigenvalue weighted by atomic mass is 16.5. The zero-order valence-corrected chi connectivity index (χ0v) is 8.97. The molecule has 0 amide bonds. The maximum Gasteiger partial charge on any atom is 0.341 e. The standard InChI is InChI=1S/C10H14N2O3/c1-6(2)7(3)15-9-8(10(13)14)4-5-11-12-9/h4-7H,1-3H3,(H,13,14). The van der Waals surface area contributed by atoms with Gasteiger partial charge in [0, 0.05) is 0 Å². The van der Waals surface area contributed by atoms with Crippen LogP contribution in [-0.2, 0) is 0 Å². The van der Waals surface area contributed by atoms with E-state index in [1.807, 2.05) is 20.8 Å². The molecule has 0 aliphatic heterocycles. The summed E-state index contributed by atoms with van der Waals surface area (Å²) in [6.45, 7) is 5.84. The van der Waals surface area contributed by atoms with Crippen LogP contribution in [0.4, 0.5) is 0 Å². The Balaban J connectivity index is 2.89. The molecule has 1 rings (SSSR count). The zero-order chi connectivity index (χ0) is 11.4. The summed E-state index contributed by atoms with van der Waals surface area (Å²) < 4.78 is 5.41. The van der Waals surface area contributed by atoms with Gasteiger partial charge in [0.15, 0.2) is 0 Å². The van der Waals surface area contributed by atoms with Gasteiger partial charge in [0.1, 0.15) is 11.7 Å². The van der Waals surface area contributed by atoms with Crippen LogP contribution in [0.3, 0.4) is 0 Å². The average Bonchev–Trinajstić information content (AvgIpc) is 2.18. The Morgan fingerprint density at radius 3 is 2.67 bits per heavy atom. The summed E-state index contributed by atoms with van der Waals surface area (Å²) in [6, 6.07) is 1.37. The zero-order valence-electron chi connectivity index (χ0n) is 8.97. The van der Waals surface area contributed by atoms with Crippen molar-refractivity contribution in [1.82, 2.24) is 10.2 Å². The van der Waals surface area contributed by atoms with E-state index < -0.39 is 5.97 Å². The van der Waals surface area contributed by atoms with Gasteiger partial charge in [-0.15, -0.1) is 5.10 Å². The lowest BCUT2D eigenvalue weighted by atomic mass is 10.1. The Morgan fingerprint density at radius 2 is 2.13 bits per heavy atom. The lowest BCUT2D eigenvalue weighted by Crippen LogP contribution is -2.21. The van der Waals surface area contributed by atoms with E-state index >= 15 is 0 Å². The van der Waals surface area contributed by atoms with Crippen LogP contribution >= 0.6 is 0 Å². The smallest absolute Gasteiger partial charge is 0.341 e. The molecule has 0 aliphatic rings. The van der Waals surface area contributed by atoms with Crippen LogP contribution in [0, 0.1) is 5.92 Å². The van der Waals surface area contributed by atoms with E-state index in [9.17, 15) is 4.79 Å². The van der Waals surface area contributed by atoms with E-state index in [0.717, 1.165) is 0 Å². The molecule has 82 valence electrons. The number of nitrogens with zero attached hydrogens (tertiary/aromatic N) is 2. The van der Waals surface area contributed by atoms with Gasteiger partial charge in [-0.25, -0.2) is 4.79 Å². The van der Waals surface area contributed by atoms with Crippen LogP contribution in [0.25, 0.3) is 0 Å². The molecule has 5 heteroatoms. The number of carbonyl (C=O) groups is 1.